The van der Waals surface area contributed by atoms with Crippen molar-refractivity contribution in [1.82, 2.24) is 9.80 Å². The number of aliphatic hydroxyl groups is 2. The average Bonchev–Trinajstić information content (AvgIpc) is 3.68. The third kappa shape index (κ3) is 51.0. The van der Waals surface area contributed by atoms with Crippen LogP contribution in [0.2, 0.25) is 0 Å². The van der Waals surface area contributed by atoms with E-state index in [1.54, 1.807) is 0 Å². The third-order valence-electron chi connectivity index (χ3n) is 10.5. The van der Waals surface area contributed by atoms with Gasteiger partial charge in [-0.3, -0.25) is 9.59 Å². The lowest BCUT2D eigenvalue weighted by atomic mass is 10.1. The zero-order valence-electron chi connectivity index (χ0n) is 40.4. The second-order valence-corrected chi connectivity index (χ2v) is 17.2. The molecule has 60 heavy (non-hydrogen) atoms. The van der Waals surface area contributed by atoms with Gasteiger partial charge in [-0.2, -0.15) is 0 Å². The number of nitrogens with zero attached hydrogens (tertiary/aromatic N) is 2. The molecule has 11 nitrogen and oxygen atoms in total. The van der Waals surface area contributed by atoms with Crippen molar-refractivity contribution in [1.29, 1.82) is 0 Å². The molecule has 0 aromatic rings. The van der Waals surface area contributed by atoms with E-state index in [2.05, 4.69) is 13.8 Å². The van der Waals surface area contributed by atoms with Gasteiger partial charge >= 0.3 is 11.9 Å². The van der Waals surface area contributed by atoms with Crippen LogP contribution in [0.25, 0.3) is 0 Å². The van der Waals surface area contributed by atoms with Crippen molar-refractivity contribution < 1.29 is 43.5 Å². The van der Waals surface area contributed by atoms with Gasteiger partial charge in [0, 0.05) is 59.2 Å². The quantitative estimate of drug-likeness (QED) is 0.0450. The van der Waals surface area contributed by atoms with Crippen LogP contribution in [0.15, 0.2) is 0 Å². The first-order valence-corrected chi connectivity index (χ1v) is 24.9. The summed E-state index contributed by atoms with van der Waals surface area (Å²) in [6.07, 6.45) is 34.7. The number of carbonyl (C=O) groups excluding carboxylic acids is 2. The maximum Gasteiger partial charge on any atom is 0.309 e. The Labute approximate surface area is 370 Å². The molecule has 1 rings (SSSR count). The van der Waals surface area contributed by atoms with Gasteiger partial charge in [-0.25, -0.2) is 0 Å². The topological polar surface area (TPSA) is 127 Å². The van der Waals surface area contributed by atoms with Crippen LogP contribution >= 0.6 is 0 Å². The first-order valence-electron chi connectivity index (χ1n) is 24.9. The number of hydrogen-bond acceptors (Lipinski definition) is 11. The molecule has 360 valence electrons. The summed E-state index contributed by atoms with van der Waals surface area (Å²) in [5, 5.41) is 17.3. The molecule has 0 saturated carbocycles. The average molecular weight is 861 g/mol. The standard InChI is InChI=1S/2C17H36O2.C15H28N2O5/c2*1-2-3-4-5-10-13-16-19-17-14-11-8-6-7-9-12-15-18;1-16(2)9-7-13(18)20-11-12-5-6-15(21-12)22-14(19)8-10-17(3)4/h2*18H,2-17H2,1H3;12,15H,5-11H2,1-4H3/t;;12-,15-/m..0/s1. The van der Waals surface area contributed by atoms with Gasteiger partial charge in [-0.1, -0.05) is 142 Å². The molecule has 0 aromatic carbocycles. The Hall–Kier alpha value is -1.34. The summed E-state index contributed by atoms with van der Waals surface area (Å²) < 4.78 is 27.3. The highest BCUT2D eigenvalue weighted by atomic mass is 16.7. The Morgan fingerprint density at radius 2 is 0.850 bits per heavy atom. The van der Waals surface area contributed by atoms with Crippen molar-refractivity contribution >= 4 is 11.9 Å². The van der Waals surface area contributed by atoms with E-state index in [4.69, 9.17) is 33.9 Å². The molecule has 0 aliphatic carbocycles. The lowest BCUT2D eigenvalue weighted by Crippen LogP contribution is -2.25. The molecule has 0 spiro atoms. The minimum Gasteiger partial charge on any atom is -0.463 e. The van der Waals surface area contributed by atoms with E-state index in [0.717, 1.165) is 45.7 Å². The Bertz CT molecular complexity index is 799. The zero-order valence-corrected chi connectivity index (χ0v) is 40.4. The Balaban J connectivity index is 0. The number of rotatable bonds is 41. The summed E-state index contributed by atoms with van der Waals surface area (Å²) >= 11 is 0. The minimum absolute atomic E-state index is 0.185. The summed E-state index contributed by atoms with van der Waals surface area (Å²) in [5.74, 6) is -0.494. The van der Waals surface area contributed by atoms with E-state index in [1.807, 2.05) is 38.0 Å². The number of esters is 2. The van der Waals surface area contributed by atoms with Crippen LogP contribution in [-0.4, -0.2) is 132 Å². The fraction of sp³-hybridized carbons (Fsp3) is 0.959. The van der Waals surface area contributed by atoms with E-state index < -0.39 is 6.29 Å². The number of hydrogen-bond donors (Lipinski definition) is 2. The van der Waals surface area contributed by atoms with E-state index in [0.29, 0.717) is 45.6 Å². The number of aliphatic hydroxyl groups excluding tert-OH is 2. The van der Waals surface area contributed by atoms with Crippen LogP contribution in [0.3, 0.4) is 0 Å². The lowest BCUT2D eigenvalue weighted by molar-refractivity contribution is -0.180. The second kappa shape index (κ2) is 50.3. The van der Waals surface area contributed by atoms with E-state index in [-0.39, 0.29) is 24.6 Å². The number of ether oxygens (including phenoxy) is 5. The van der Waals surface area contributed by atoms with Gasteiger partial charge in [0.25, 0.3) is 0 Å². The predicted octanol–water partition coefficient (Wildman–Crippen LogP) is 10.7. The summed E-state index contributed by atoms with van der Waals surface area (Å²) in [7, 11) is 7.62. The first kappa shape index (κ1) is 60.7. The highest BCUT2D eigenvalue weighted by Gasteiger charge is 2.29. The number of unbranched alkanes of at least 4 members (excludes halogenated alkanes) is 22. The fourth-order valence-electron chi connectivity index (χ4n) is 6.55. The summed E-state index contributed by atoms with van der Waals surface area (Å²) in [5.41, 5.74) is 0. The fourth-order valence-corrected chi connectivity index (χ4v) is 6.55. The molecule has 0 unspecified atom stereocenters. The van der Waals surface area contributed by atoms with Gasteiger partial charge < -0.3 is 43.7 Å². The van der Waals surface area contributed by atoms with Crippen molar-refractivity contribution in [3.8, 4) is 0 Å². The van der Waals surface area contributed by atoms with Gasteiger partial charge in [-0.15, -0.1) is 0 Å². The summed E-state index contributed by atoms with van der Waals surface area (Å²) in [4.78, 5) is 27.0. The van der Waals surface area contributed by atoms with Crippen molar-refractivity contribution in [2.24, 2.45) is 0 Å². The van der Waals surface area contributed by atoms with Crippen LogP contribution in [0.5, 0.6) is 0 Å². The van der Waals surface area contributed by atoms with E-state index >= 15 is 0 Å². The molecule has 1 heterocycles. The lowest BCUT2D eigenvalue weighted by Gasteiger charge is -2.16. The van der Waals surface area contributed by atoms with Crippen LogP contribution in [0.4, 0.5) is 0 Å². The van der Waals surface area contributed by atoms with Gasteiger partial charge in [0.2, 0.25) is 6.29 Å². The molecule has 1 aliphatic rings. The van der Waals surface area contributed by atoms with Crippen LogP contribution in [0, 0.1) is 0 Å². The molecule has 2 N–H and O–H groups in total. The predicted molar refractivity (Wildman–Crippen MR) is 248 cm³/mol. The molecule has 1 fully saturated rings. The highest BCUT2D eigenvalue weighted by molar-refractivity contribution is 5.70. The molecular weight excluding hydrogens is 761 g/mol. The zero-order chi connectivity index (χ0) is 44.6. The molecule has 11 heteroatoms. The summed E-state index contributed by atoms with van der Waals surface area (Å²) in [6, 6.07) is 0. The molecule has 2 atom stereocenters. The van der Waals surface area contributed by atoms with Crippen molar-refractivity contribution in [3.63, 3.8) is 0 Å². The Morgan fingerprint density at radius 3 is 1.22 bits per heavy atom. The van der Waals surface area contributed by atoms with E-state index in [9.17, 15) is 9.59 Å². The van der Waals surface area contributed by atoms with Crippen LogP contribution in [0.1, 0.15) is 206 Å². The third-order valence-corrected chi connectivity index (χ3v) is 10.5. The van der Waals surface area contributed by atoms with Crippen molar-refractivity contribution in [2.75, 3.05) is 87.5 Å². The van der Waals surface area contributed by atoms with Gasteiger partial charge in [0.15, 0.2) is 0 Å². The molecule has 0 aromatic heterocycles. The SMILES string of the molecule is CCCCCCCCOCCCCCCCCCO.CCCCCCCCOCCCCCCCCCO.CN(C)CCC(=O)OC[C@@H]1CC[C@H](OC(=O)CCN(C)C)O1. The van der Waals surface area contributed by atoms with Gasteiger partial charge in [-0.05, 0) is 73.1 Å². The smallest absolute Gasteiger partial charge is 0.309 e. The first-order chi connectivity index (χ1) is 29.2. The number of carbonyl (C=O) groups is 2. The summed E-state index contributed by atoms with van der Waals surface area (Å²) in [6.45, 7) is 10.6. The van der Waals surface area contributed by atoms with Crippen molar-refractivity contribution in [2.45, 2.75) is 219 Å². The molecular formula is C49H100N2O9. The van der Waals surface area contributed by atoms with Crippen molar-refractivity contribution in [3.05, 3.63) is 0 Å². The molecule has 1 aliphatic heterocycles. The van der Waals surface area contributed by atoms with E-state index in [1.165, 1.54) is 154 Å². The van der Waals surface area contributed by atoms with Gasteiger partial charge in [0.1, 0.15) is 6.61 Å². The molecule has 0 radical (unpaired) electrons. The maximum atomic E-state index is 11.6. The Morgan fingerprint density at radius 1 is 0.500 bits per heavy atom. The maximum absolute atomic E-state index is 11.6. The van der Waals surface area contributed by atoms with Gasteiger partial charge in [0.05, 0.1) is 18.9 Å². The largest absolute Gasteiger partial charge is 0.463 e. The van der Waals surface area contributed by atoms with Crippen LogP contribution in [-0.2, 0) is 33.3 Å². The molecule has 0 amide bonds. The second-order valence-electron chi connectivity index (χ2n) is 17.2. The van der Waals surface area contributed by atoms with Crippen LogP contribution < -0.4 is 0 Å². The molecule has 1 saturated heterocycles. The molecule has 0 bridgehead atoms. The normalized spacial score (nSPS) is 14.8. The Kier molecular flexibility index (Phi) is 50.9. The highest BCUT2D eigenvalue weighted by Crippen LogP contribution is 2.21. The monoisotopic (exact) mass is 861 g/mol. The minimum atomic E-state index is -0.514.